The smallest absolute Gasteiger partial charge is 0.258 e. The zero-order chi connectivity index (χ0) is 13.8. The van der Waals surface area contributed by atoms with Gasteiger partial charge in [-0.05, 0) is 18.6 Å². The fourth-order valence-corrected chi connectivity index (χ4v) is 1.42. The Labute approximate surface area is 106 Å². The fraction of sp³-hybridized carbons (Fsp3) is 0.273. The number of hydrogen-bond acceptors (Lipinski definition) is 2. The Hall–Kier alpha value is -1.56. The Bertz CT molecular complexity index is 472. The van der Waals surface area contributed by atoms with E-state index in [9.17, 15) is 23.3 Å². The van der Waals surface area contributed by atoms with Gasteiger partial charge < -0.3 is 0 Å². The van der Waals surface area contributed by atoms with Crippen molar-refractivity contribution in [3.8, 4) is 0 Å². The molecule has 0 saturated heterocycles. The predicted molar refractivity (Wildman–Crippen MR) is 62.5 cm³/mol. The van der Waals surface area contributed by atoms with E-state index in [2.05, 4.69) is 0 Å². The van der Waals surface area contributed by atoms with Gasteiger partial charge >= 0.3 is 6.18 Å². The van der Waals surface area contributed by atoms with Gasteiger partial charge in [0.05, 0.1) is 16.1 Å². The highest BCUT2D eigenvalue weighted by molar-refractivity contribution is 6.17. The van der Waals surface area contributed by atoms with Crippen molar-refractivity contribution in [2.75, 3.05) is 5.88 Å². The number of rotatable bonds is 4. The van der Waals surface area contributed by atoms with Crippen LogP contribution in [0.1, 0.15) is 17.5 Å². The van der Waals surface area contributed by atoms with E-state index in [-0.39, 0.29) is 5.56 Å². The molecule has 0 aromatic heterocycles. The lowest BCUT2D eigenvalue weighted by Gasteiger charge is -2.07. The van der Waals surface area contributed by atoms with E-state index in [1.807, 2.05) is 0 Å². The molecular formula is C11H9ClF3NO2. The summed E-state index contributed by atoms with van der Waals surface area (Å²) in [6, 6.07) is 2.42. The summed E-state index contributed by atoms with van der Waals surface area (Å²) in [6.07, 6.45) is -1.15. The SMILES string of the molecule is O=[N+]([O-])c1cc(C(F)(F)F)ccc1C=CCCCl. The minimum atomic E-state index is -4.59. The highest BCUT2D eigenvalue weighted by Crippen LogP contribution is 2.33. The van der Waals surface area contributed by atoms with Crippen LogP contribution in [-0.2, 0) is 6.18 Å². The lowest BCUT2D eigenvalue weighted by molar-refractivity contribution is -0.385. The summed E-state index contributed by atoms with van der Waals surface area (Å²) in [5.74, 6) is 0.338. The van der Waals surface area contributed by atoms with E-state index in [1.54, 1.807) is 6.08 Å². The number of halogens is 4. The monoisotopic (exact) mass is 279 g/mol. The van der Waals surface area contributed by atoms with Gasteiger partial charge in [-0.25, -0.2) is 0 Å². The third-order valence-electron chi connectivity index (χ3n) is 2.13. The molecule has 0 unspecified atom stereocenters. The molecule has 0 fully saturated rings. The Morgan fingerprint density at radius 3 is 2.56 bits per heavy atom. The van der Waals surface area contributed by atoms with Crippen LogP contribution >= 0.6 is 11.6 Å². The predicted octanol–water partition coefficient (Wildman–Crippen LogP) is 4.26. The fourth-order valence-electron chi connectivity index (χ4n) is 1.29. The molecule has 0 atom stereocenters. The van der Waals surface area contributed by atoms with Gasteiger partial charge in [-0.1, -0.05) is 12.2 Å². The zero-order valence-electron chi connectivity index (χ0n) is 9.08. The summed E-state index contributed by atoms with van der Waals surface area (Å²) < 4.78 is 37.2. The lowest BCUT2D eigenvalue weighted by Crippen LogP contribution is -2.06. The van der Waals surface area contributed by atoms with Crippen LogP contribution in [0.15, 0.2) is 24.3 Å². The average Bonchev–Trinajstić information content (AvgIpc) is 2.28. The first kappa shape index (κ1) is 14.5. The van der Waals surface area contributed by atoms with E-state index in [0.29, 0.717) is 18.4 Å². The molecule has 0 aliphatic heterocycles. The summed E-state index contributed by atoms with van der Waals surface area (Å²) in [5.41, 5.74) is -1.49. The van der Waals surface area contributed by atoms with Gasteiger partial charge in [0.2, 0.25) is 0 Å². The summed E-state index contributed by atoms with van der Waals surface area (Å²) >= 11 is 5.42. The maximum atomic E-state index is 12.4. The molecule has 0 aliphatic rings. The summed E-state index contributed by atoms with van der Waals surface area (Å²) in [5, 5.41) is 10.7. The molecule has 98 valence electrons. The standard InChI is InChI=1S/C11H9ClF3NO2/c12-6-2-1-3-8-4-5-9(11(13,14)15)7-10(8)16(17)18/h1,3-5,7H,2,6H2. The van der Waals surface area contributed by atoms with E-state index < -0.39 is 22.4 Å². The number of alkyl halides is 4. The summed E-state index contributed by atoms with van der Waals surface area (Å²) in [7, 11) is 0. The van der Waals surface area contributed by atoms with Gasteiger partial charge in [-0.15, -0.1) is 11.6 Å². The van der Waals surface area contributed by atoms with Crippen LogP contribution in [0.2, 0.25) is 0 Å². The summed E-state index contributed by atoms with van der Waals surface area (Å²) in [6.45, 7) is 0. The molecule has 0 aliphatic carbocycles. The lowest BCUT2D eigenvalue weighted by atomic mass is 10.1. The van der Waals surface area contributed by atoms with Crippen molar-refractivity contribution < 1.29 is 18.1 Å². The van der Waals surface area contributed by atoms with Gasteiger partial charge in [-0.2, -0.15) is 13.2 Å². The average molecular weight is 280 g/mol. The molecule has 1 rings (SSSR count). The number of benzene rings is 1. The Balaban J connectivity index is 3.17. The normalized spacial score (nSPS) is 12.0. The second kappa shape index (κ2) is 5.86. The molecule has 3 nitrogen and oxygen atoms in total. The first-order valence-electron chi connectivity index (χ1n) is 4.94. The van der Waals surface area contributed by atoms with Crippen molar-refractivity contribution in [1.29, 1.82) is 0 Å². The number of nitrogens with zero attached hydrogens (tertiary/aromatic N) is 1. The Kier molecular flexibility index (Phi) is 4.72. The van der Waals surface area contributed by atoms with E-state index in [4.69, 9.17) is 11.6 Å². The van der Waals surface area contributed by atoms with E-state index >= 15 is 0 Å². The molecule has 1 aromatic rings. The number of hydrogen-bond donors (Lipinski definition) is 0. The number of allylic oxidation sites excluding steroid dienone is 1. The second-order valence-corrected chi connectivity index (χ2v) is 3.79. The molecule has 7 heteroatoms. The van der Waals surface area contributed by atoms with Crippen LogP contribution in [0, 0.1) is 10.1 Å². The van der Waals surface area contributed by atoms with Crippen LogP contribution in [0.25, 0.3) is 6.08 Å². The third kappa shape index (κ3) is 3.73. The molecule has 0 bridgehead atoms. The molecule has 0 spiro atoms. The molecule has 0 amide bonds. The molecule has 0 heterocycles. The van der Waals surface area contributed by atoms with Crippen molar-refractivity contribution in [1.82, 2.24) is 0 Å². The minimum absolute atomic E-state index is 0.123. The van der Waals surface area contributed by atoms with E-state index in [1.165, 1.54) is 6.08 Å². The quantitative estimate of drug-likeness (QED) is 0.469. The van der Waals surface area contributed by atoms with Gasteiger partial charge in [0.15, 0.2) is 0 Å². The van der Waals surface area contributed by atoms with Crippen molar-refractivity contribution in [3.63, 3.8) is 0 Å². The third-order valence-corrected chi connectivity index (χ3v) is 2.35. The summed E-state index contributed by atoms with van der Waals surface area (Å²) in [4.78, 5) is 9.87. The van der Waals surface area contributed by atoms with Gasteiger partial charge in [-0.3, -0.25) is 10.1 Å². The number of nitro benzene ring substituents is 1. The van der Waals surface area contributed by atoms with Crippen LogP contribution in [0.3, 0.4) is 0 Å². The topological polar surface area (TPSA) is 43.1 Å². The maximum Gasteiger partial charge on any atom is 0.416 e. The molecule has 0 radical (unpaired) electrons. The minimum Gasteiger partial charge on any atom is -0.258 e. The molecular weight excluding hydrogens is 271 g/mol. The van der Waals surface area contributed by atoms with Gasteiger partial charge in [0.1, 0.15) is 0 Å². The van der Waals surface area contributed by atoms with Gasteiger partial charge in [0, 0.05) is 11.9 Å². The maximum absolute atomic E-state index is 12.4. The van der Waals surface area contributed by atoms with Crippen LogP contribution in [0.4, 0.5) is 18.9 Å². The van der Waals surface area contributed by atoms with Crippen molar-refractivity contribution in [2.24, 2.45) is 0 Å². The van der Waals surface area contributed by atoms with Crippen molar-refractivity contribution in [2.45, 2.75) is 12.6 Å². The molecule has 18 heavy (non-hydrogen) atoms. The van der Waals surface area contributed by atoms with Gasteiger partial charge in [0.25, 0.3) is 5.69 Å². The van der Waals surface area contributed by atoms with Crippen LogP contribution in [0.5, 0.6) is 0 Å². The van der Waals surface area contributed by atoms with Crippen molar-refractivity contribution >= 4 is 23.4 Å². The first-order chi connectivity index (χ1) is 8.36. The number of nitro groups is 1. The Morgan fingerprint density at radius 1 is 1.39 bits per heavy atom. The molecule has 0 saturated carbocycles. The van der Waals surface area contributed by atoms with Crippen LogP contribution < -0.4 is 0 Å². The highest BCUT2D eigenvalue weighted by atomic mass is 35.5. The Morgan fingerprint density at radius 2 is 2.06 bits per heavy atom. The largest absolute Gasteiger partial charge is 0.416 e. The second-order valence-electron chi connectivity index (χ2n) is 3.41. The van der Waals surface area contributed by atoms with Crippen LogP contribution in [-0.4, -0.2) is 10.8 Å². The highest BCUT2D eigenvalue weighted by Gasteiger charge is 2.32. The van der Waals surface area contributed by atoms with Crippen molar-refractivity contribution in [3.05, 3.63) is 45.5 Å². The zero-order valence-corrected chi connectivity index (χ0v) is 9.83. The van der Waals surface area contributed by atoms with E-state index in [0.717, 1.165) is 12.1 Å². The molecule has 0 N–H and O–H groups in total. The molecule has 1 aromatic carbocycles. The first-order valence-corrected chi connectivity index (χ1v) is 5.48.